The van der Waals surface area contributed by atoms with Gasteiger partial charge < -0.3 is 5.32 Å². The molecule has 13 heavy (non-hydrogen) atoms. The summed E-state index contributed by atoms with van der Waals surface area (Å²) in [7, 11) is 0. The van der Waals surface area contributed by atoms with Crippen LogP contribution >= 0.6 is 27.5 Å². The second-order valence-electron chi connectivity index (χ2n) is 2.93. The molecular formula is C9H12BrClN2. The first-order valence-corrected chi connectivity index (χ1v) is 5.33. The molecule has 0 aromatic carbocycles. The van der Waals surface area contributed by atoms with Crippen molar-refractivity contribution in [1.82, 2.24) is 4.98 Å². The Bertz CT molecular complexity index is 289. The lowest BCUT2D eigenvalue weighted by Gasteiger charge is -2.07. The lowest BCUT2D eigenvalue weighted by Crippen LogP contribution is -2.11. The Labute approximate surface area is 91.8 Å². The Morgan fingerprint density at radius 3 is 2.85 bits per heavy atom. The summed E-state index contributed by atoms with van der Waals surface area (Å²) in [6.45, 7) is 4.63. The van der Waals surface area contributed by atoms with E-state index in [-0.39, 0.29) is 5.38 Å². The summed E-state index contributed by atoms with van der Waals surface area (Å²) in [5.74, 6) is 0.869. The zero-order chi connectivity index (χ0) is 9.84. The van der Waals surface area contributed by atoms with Crippen LogP contribution in [0.3, 0.4) is 0 Å². The summed E-state index contributed by atoms with van der Waals surface area (Å²) in [6.07, 6.45) is 0. The second kappa shape index (κ2) is 4.82. The molecule has 0 aliphatic heterocycles. The molecular weight excluding hydrogens is 251 g/mol. The molecule has 0 amide bonds. The number of rotatable bonds is 3. The van der Waals surface area contributed by atoms with Crippen LogP contribution in [0.1, 0.15) is 12.6 Å². The molecule has 1 heterocycles. The monoisotopic (exact) mass is 262 g/mol. The second-order valence-corrected chi connectivity index (χ2v) is 4.52. The van der Waals surface area contributed by atoms with E-state index in [1.807, 2.05) is 26.0 Å². The minimum atomic E-state index is 0.116. The number of hydrogen-bond acceptors (Lipinski definition) is 2. The Balaban J connectivity index is 2.63. The summed E-state index contributed by atoms with van der Waals surface area (Å²) in [4.78, 5) is 4.33. The van der Waals surface area contributed by atoms with Crippen molar-refractivity contribution in [2.75, 3.05) is 11.9 Å². The number of nitrogens with one attached hydrogen (secondary N) is 1. The third kappa shape index (κ3) is 3.53. The molecule has 0 aliphatic carbocycles. The van der Waals surface area contributed by atoms with Crippen LogP contribution in [0.5, 0.6) is 0 Å². The van der Waals surface area contributed by atoms with Crippen molar-refractivity contribution in [2.24, 2.45) is 0 Å². The van der Waals surface area contributed by atoms with Crippen LogP contribution in [0.15, 0.2) is 16.6 Å². The maximum absolute atomic E-state index is 5.80. The van der Waals surface area contributed by atoms with Gasteiger partial charge in [0, 0.05) is 16.4 Å². The maximum atomic E-state index is 5.80. The predicted molar refractivity (Wildman–Crippen MR) is 60.5 cm³/mol. The van der Waals surface area contributed by atoms with Gasteiger partial charge in [0.05, 0.1) is 5.69 Å². The van der Waals surface area contributed by atoms with Crippen molar-refractivity contribution in [3.05, 3.63) is 22.3 Å². The number of aryl methyl sites for hydroxylation is 1. The molecule has 0 saturated carbocycles. The van der Waals surface area contributed by atoms with E-state index in [1.54, 1.807) is 0 Å². The van der Waals surface area contributed by atoms with Crippen LogP contribution in [0, 0.1) is 6.92 Å². The van der Waals surface area contributed by atoms with Gasteiger partial charge in [-0.15, -0.1) is 11.6 Å². The summed E-state index contributed by atoms with van der Waals surface area (Å²) >= 11 is 9.19. The lowest BCUT2D eigenvalue weighted by atomic mass is 10.3. The number of alkyl halides is 1. The highest BCUT2D eigenvalue weighted by molar-refractivity contribution is 9.10. The first kappa shape index (κ1) is 10.8. The largest absolute Gasteiger partial charge is 0.369 e. The SMILES string of the molecule is Cc1nc(NCC(C)Cl)ccc1Br. The van der Waals surface area contributed by atoms with Gasteiger partial charge in [-0.1, -0.05) is 0 Å². The van der Waals surface area contributed by atoms with Crippen LogP contribution in [-0.4, -0.2) is 16.9 Å². The van der Waals surface area contributed by atoms with Gasteiger partial charge in [0.1, 0.15) is 5.82 Å². The van der Waals surface area contributed by atoms with E-state index in [9.17, 15) is 0 Å². The minimum absolute atomic E-state index is 0.116. The van der Waals surface area contributed by atoms with E-state index in [0.29, 0.717) is 0 Å². The van der Waals surface area contributed by atoms with Gasteiger partial charge in [-0.3, -0.25) is 0 Å². The third-order valence-electron chi connectivity index (χ3n) is 1.59. The molecule has 0 radical (unpaired) electrons. The zero-order valence-electron chi connectivity index (χ0n) is 7.64. The maximum Gasteiger partial charge on any atom is 0.126 e. The summed E-state index contributed by atoms with van der Waals surface area (Å²) in [5, 5.41) is 3.26. The van der Waals surface area contributed by atoms with Crippen molar-refractivity contribution in [2.45, 2.75) is 19.2 Å². The normalized spacial score (nSPS) is 12.6. The van der Waals surface area contributed by atoms with Crippen LogP contribution < -0.4 is 5.32 Å². The molecule has 72 valence electrons. The van der Waals surface area contributed by atoms with E-state index in [4.69, 9.17) is 11.6 Å². The highest BCUT2D eigenvalue weighted by Gasteiger charge is 1.99. The average Bonchev–Trinajstić information content (AvgIpc) is 2.07. The average molecular weight is 264 g/mol. The molecule has 1 N–H and O–H groups in total. The smallest absolute Gasteiger partial charge is 0.126 e. The van der Waals surface area contributed by atoms with Crippen molar-refractivity contribution in [3.8, 4) is 0 Å². The van der Waals surface area contributed by atoms with Gasteiger partial charge >= 0.3 is 0 Å². The van der Waals surface area contributed by atoms with Crippen molar-refractivity contribution in [1.29, 1.82) is 0 Å². The molecule has 1 atom stereocenters. The standard InChI is InChI=1S/C9H12BrClN2/c1-6(11)5-12-9-4-3-8(10)7(2)13-9/h3-4,6H,5H2,1-2H3,(H,12,13). The fraction of sp³-hybridized carbons (Fsp3) is 0.444. The van der Waals surface area contributed by atoms with Crippen LogP contribution in [0.25, 0.3) is 0 Å². The quantitative estimate of drug-likeness (QED) is 0.847. The van der Waals surface area contributed by atoms with Crippen molar-refractivity contribution in [3.63, 3.8) is 0 Å². The van der Waals surface area contributed by atoms with Gasteiger partial charge in [-0.05, 0) is 41.9 Å². The Hall–Kier alpha value is -0.280. The molecule has 0 aliphatic rings. The molecule has 1 aromatic heterocycles. The number of halogens is 2. The molecule has 1 unspecified atom stereocenters. The van der Waals surface area contributed by atoms with Crippen molar-refractivity contribution >= 4 is 33.3 Å². The van der Waals surface area contributed by atoms with E-state index in [1.165, 1.54) is 0 Å². The van der Waals surface area contributed by atoms with Crippen LogP contribution in [0.4, 0.5) is 5.82 Å². The third-order valence-corrected chi connectivity index (χ3v) is 2.58. The van der Waals surface area contributed by atoms with E-state index < -0.39 is 0 Å². The van der Waals surface area contributed by atoms with Gasteiger partial charge in [0.15, 0.2) is 0 Å². The van der Waals surface area contributed by atoms with Gasteiger partial charge in [-0.25, -0.2) is 4.98 Å². The first-order valence-electron chi connectivity index (χ1n) is 4.10. The topological polar surface area (TPSA) is 24.9 Å². The van der Waals surface area contributed by atoms with E-state index in [0.717, 1.165) is 22.5 Å². The number of nitrogens with zero attached hydrogens (tertiary/aromatic N) is 1. The summed E-state index contributed by atoms with van der Waals surface area (Å²) in [5.41, 5.74) is 0.979. The summed E-state index contributed by atoms with van der Waals surface area (Å²) in [6, 6.07) is 3.90. The first-order chi connectivity index (χ1) is 6.09. The van der Waals surface area contributed by atoms with E-state index >= 15 is 0 Å². The van der Waals surface area contributed by atoms with Gasteiger partial charge in [0.2, 0.25) is 0 Å². The molecule has 0 fully saturated rings. The molecule has 0 saturated heterocycles. The minimum Gasteiger partial charge on any atom is -0.369 e. The molecule has 0 spiro atoms. The molecule has 0 bridgehead atoms. The Morgan fingerprint density at radius 2 is 2.31 bits per heavy atom. The Morgan fingerprint density at radius 1 is 1.62 bits per heavy atom. The molecule has 4 heteroatoms. The molecule has 1 rings (SSSR count). The number of anilines is 1. The molecule has 1 aromatic rings. The summed E-state index contributed by atoms with van der Waals surface area (Å²) < 4.78 is 1.02. The fourth-order valence-corrected chi connectivity index (χ4v) is 1.19. The molecule has 2 nitrogen and oxygen atoms in total. The Kier molecular flexibility index (Phi) is 4.00. The van der Waals surface area contributed by atoms with Gasteiger partial charge in [0.25, 0.3) is 0 Å². The number of aromatic nitrogens is 1. The van der Waals surface area contributed by atoms with Crippen LogP contribution in [0.2, 0.25) is 0 Å². The highest BCUT2D eigenvalue weighted by atomic mass is 79.9. The van der Waals surface area contributed by atoms with Crippen LogP contribution in [-0.2, 0) is 0 Å². The van der Waals surface area contributed by atoms with Crippen molar-refractivity contribution < 1.29 is 0 Å². The number of pyridine rings is 1. The highest BCUT2D eigenvalue weighted by Crippen LogP contribution is 2.16. The van der Waals surface area contributed by atoms with E-state index in [2.05, 4.69) is 26.2 Å². The fourth-order valence-electron chi connectivity index (χ4n) is 0.888. The lowest BCUT2D eigenvalue weighted by molar-refractivity contribution is 0.973. The zero-order valence-corrected chi connectivity index (χ0v) is 9.98. The predicted octanol–water partition coefficient (Wildman–Crippen LogP) is 3.19. The van der Waals surface area contributed by atoms with Gasteiger partial charge in [-0.2, -0.15) is 0 Å². The number of hydrogen-bond donors (Lipinski definition) is 1.